The smallest absolute Gasteiger partial charge is 0.419 e. The lowest BCUT2D eigenvalue weighted by Crippen LogP contribution is -2.25. The third-order valence-corrected chi connectivity index (χ3v) is 6.86. The number of nitrogens with one attached hydrogen (secondary N) is 1. The predicted molar refractivity (Wildman–Crippen MR) is 102 cm³/mol. The van der Waals surface area contributed by atoms with Crippen molar-refractivity contribution in [1.82, 2.24) is 9.29 Å². The van der Waals surface area contributed by atoms with E-state index in [1.807, 2.05) is 18.2 Å². The number of hydrogen-bond donors (Lipinski definition) is 1. The summed E-state index contributed by atoms with van der Waals surface area (Å²) in [6.07, 6.45) is 3.88. The van der Waals surface area contributed by atoms with E-state index in [1.54, 1.807) is 23.9 Å². The highest BCUT2D eigenvalue weighted by molar-refractivity contribution is 7.89. The van der Waals surface area contributed by atoms with Crippen molar-refractivity contribution in [1.29, 1.82) is 0 Å². The Balaban J connectivity index is 1.46. The van der Waals surface area contributed by atoms with Crippen molar-refractivity contribution >= 4 is 32.5 Å². The van der Waals surface area contributed by atoms with Gasteiger partial charge in [0.25, 0.3) is 0 Å². The quantitative estimate of drug-likeness (QED) is 0.533. The molecule has 0 amide bonds. The number of nitrogens with zero attached hydrogens (tertiary/aromatic N) is 1. The molecular formula is C18H16N2O5S2. The summed E-state index contributed by atoms with van der Waals surface area (Å²) in [5.74, 6) is -0.529. The zero-order valence-corrected chi connectivity index (χ0v) is 16.0. The van der Waals surface area contributed by atoms with E-state index in [4.69, 9.17) is 8.83 Å². The Kier molecular flexibility index (Phi) is 4.50. The molecule has 0 atom stereocenters. The van der Waals surface area contributed by atoms with Gasteiger partial charge in [-0.3, -0.25) is 4.57 Å². The van der Waals surface area contributed by atoms with Gasteiger partial charge in [0.1, 0.15) is 0 Å². The number of sulfonamides is 1. The molecule has 4 aromatic rings. The zero-order chi connectivity index (χ0) is 19.0. The van der Waals surface area contributed by atoms with Crippen molar-refractivity contribution in [3.63, 3.8) is 0 Å². The molecule has 0 saturated heterocycles. The van der Waals surface area contributed by atoms with Crippen LogP contribution in [0.2, 0.25) is 0 Å². The average molecular weight is 404 g/mol. The first-order chi connectivity index (χ1) is 12.9. The van der Waals surface area contributed by atoms with Gasteiger partial charge in [-0.15, -0.1) is 11.3 Å². The fraction of sp³-hybridized carbons (Fsp3) is 0.167. The second-order valence-corrected chi connectivity index (χ2v) is 8.92. The Morgan fingerprint density at radius 1 is 1.19 bits per heavy atom. The summed E-state index contributed by atoms with van der Waals surface area (Å²) in [6, 6.07) is 10.2. The van der Waals surface area contributed by atoms with Crippen LogP contribution in [-0.2, 0) is 23.5 Å². The maximum Gasteiger partial charge on any atom is 0.419 e. The number of aromatic nitrogens is 1. The van der Waals surface area contributed by atoms with Crippen molar-refractivity contribution in [3.05, 3.63) is 64.4 Å². The molecule has 0 spiro atoms. The summed E-state index contributed by atoms with van der Waals surface area (Å²) in [5.41, 5.74) is 1.79. The minimum absolute atomic E-state index is 0.0941. The van der Waals surface area contributed by atoms with E-state index in [2.05, 4.69) is 4.72 Å². The molecule has 27 heavy (non-hydrogen) atoms. The molecule has 0 radical (unpaired) electrons. The van der Waals surface area contributed by atoms with E-state index >= 15 is 0 Å². The van der Waals surface area contributed by atoms with Gasteiger partial charge in [0.15, 0.2) is 5.58 Å². The van der Waals surface area contributed by atoms with Gasteiger partial charge in [0.2, 0.25) is 10.0 Å². The first kappa shape index (κ1) is 17.8. The molecule has 3 heterocycles. The molecule has 9 heteroatoms. The Hall–Kier alpha value is -2.62. The Morgan fingerprint density at radius 2 is 2.04 bits per heavy atom. The van der Waals surface area contributed by atoms with Gasteiger partial charge in [-0.05, 0) is 42.8 Å². The van der Waals surface area contributed by atoms with Gasteiger partial charge in [0, 0.05) is 28.9 Å². The van der Waals surface area contributed by atoms with Crippen LogP contribution < -0.4 is 10.5 Å². The topological polar surface area (TPSA) is 94.5 Å². The van der Waals surface area contributed by atoms with Gasteiger partial charge < -0.3 is 8.83 Å². The van der Waals surface area contributed by atoms with Crippen molar-refractivity contribution in [2.24, 2.45) is 7.05 Å². The standard InChI is InChI=1S/C18H16N2O5S2/c1-20-15-10-14(3-4-16(15)25-18(20)21)27(22,23)19-8-6-13-2-5-17(26-13)12-7-9-24-11-12/h2-5,7,9-11,19H,6,8H2,1H3. The lowest BCUT2D eigenvalue weighted by molar-refractivity contribution is 0.528. The summed E-state index contributed by atoms with van der Waals surface area (Å²) in [5, 5.41) is 0. The van der Waals surface area contributed by atoms with E-state index in [0.29, 0.717) is 17.5 Å². The second-order valence-electron chi connectivity index (χ2n) is 5.98. The highest BCUT2D eigenvalue weighted by atomic mass is 32.2. The van der Waals surface area contributed by atoms with E-state index in [0.717, 1.165) is 15.3 Å². The summed E-state index contributed by atoms with van der Waals surface area (Å²) < 4.78 is 39.1. The largest absolute Gasteiger partial charge is 0.472 e. The molecule has 3 aromatic heterocycles. The Labute approximate surface area is 158 Å². The molecule has 140 valence electrons. The number of hydrogen-bond acceptors (Lipinski definition) is 6. The lowest BCUT2D eigenvalue weighted by atomic mass is 10.3. The molecule has 1 N–H and O–H groups in total. The predicted octanol–water partition coefficient (Wildman–Crippen LogP) is 2.97. The maximum absolute atomic E-state index is 12.5. The first-order valence-electron chi connectivity index (χ1n) is 8.14. The van der Waals surface area contributed by atoms with Crippen molar-refractivity contribution < 1.29 is 17.3 Å². The summed E-state index contributed by atoms with van der Waals surface area (Å²) >= 11 is 1.60. The fourth-order valence-corrected chi connectivity index (χ4v) is 4.78. The molecular weight excluding hydrogens is 388 g/mol. The van der Waals surface area contributed by atoms with E-state index in [1.165, 1.54) is 29.8 Å². The normalized spacial score (nSPS) is 12.0. The number of fused-ring (bicyclic) bond motifs is 1. The molecule has 1 aromatic carbocycles. The molecule has 0 aliphatic carbocycles. The van der Waals surface area contributed by atoms with Crippen LogP contribution in [0.1, 0.15) is 4.88 Å². The van der Waals surface area contributed by atoms with Crippen LogP contribution in [0.3, 0.4) is 0 Å². The molecule has 0 aliphatic rings. The van der Waals surface area contributed by atoms with Crippen molar-refractivity contribution in [3.8, 4) is 10.4 Å². The van der Waals surface area contributed by atoms with Gasteiger partial charge in [-0.2, -0.15) is 0 Å². The number of aryl methyl sites for hydroxylation is 1. The van der Waals surface area contributed by atoms with Crippen LogP contribution in [0, 0.1) is 0 Å². The lowest BCUT2D eigenvalue weighted by Gasteiger charge is -2.06. The first-order valence-corrected chi connectivity index (χ1v) is 10.4. The Morgan fingerprint density at radius 3 is 2.81 bits per heavy atom. The van der Waals surface area contributed by atoms with E-state index in [-0.39, 0.29) is 11.4 Å². The number of rotatable bonds is 6. The van der Waals surface area contributed by atoms with Crippen LogP contribution >= 0.6 is 11.3 Å². The number of furan rings is 1. The third kappa shape index (κ3) is 3.48. The summed E-state index contributed by atoms with van der Waals surface area (Å²) in [6.45, 7) is 0.274. The van der Waals surface area contributed by atoms with Crippen LogP contribution in [-0.4, -0.2) is 19.5 Å². The van der Waals surface area contributed by atoms with Gasteiger partial charge >= 0.3 is 5.76 Å². The monoisotopic (exact) mass is 404 g/mol. The summed E-state index contributed by atoms with van der Waals surface area (Å²) in [4.78, 5) is 13.8. The number of oxazole rings is 1. The number of thiophene rings is 1. The highest BCUT2D eigenvalue weighted by Gasteiger charge is 2.16. The molecule has 0 fully saturated rings. The van der Waals surface area contributed by atoms with Crippen molar-refractivity contribution in [2.45, 2.75) is 11.3 Å². The van der Waals surface area contributed by atoms with Crippen LogP contribution in [0.15, 0.2) is 67.4 Å². The summed E-state index contributed by atoms with van der Waals surface area (Å²) in [7, 11) is -2.15. The zero-order valence-electron chi connectivity index (χ0n) is 14.3. The van der Waals surface area contributed by atoms with Crippen LogP contribution in [0.4, 0.5) is 0 Å². The second kappa shape index (κ2) is 6.84. The van der Waals surface area contributed by atoms with Gasteiger partial charge in [-0.25, -0.2) is 17.9 Å². The molecule has 0 bridgehead atoms. The maximum atomic E-state index is 12.5. The minimum atomic E-state index is -3.68. The SMILES string of the molecule is Cn1c(=O)oc2ccc(S(=O)(=O)NCCc3ccc(-c4ccoc4)s3)cc21. The number of benzene rings is 1. The van der Waals surface area contributed by atoms with Crippen LogP contribution in [0.25, 0.3) is 21.5 Å². The highest BCUT2D eigenvalue weighted by Crippen LogP contribution is 2.28. The van der Waals surface area contributed by atoms with Crippen molar-refractivity contribution in [2.75, 3.05) is 6.54 Å². The average Bonchev–Trinajstić information content (AvgIpc) is 3.36. The molecule has 7 nitrogen and oxygen atoms in total. The van der Waals surface area contributed by atoms with E-state index in [9.17, 15) is 13.2 Å². The van der Waals surface area contributed by atoms with Gasteiger partial charge in [0.05, 0.1) is 22.9 Å². The van der Waals surface area contributed by atoms with Gasteiger partial charge in [-0.1, -0.05) is 0 Å². The molecule has 0 saturated carbocycles. The molecule has 0 aliphatic heterocycles. The van der Waals surface area contributed by atoms with Crippen LogP contribution in [0.5, 0.6) is 0 Å². The van der Waals surface area contributed by atoms with E-state index < -0.39 is 15.8 Å². The third-order valence-electron chi connectivity index (χ3n) is 4.20. The Bertz CT molecular complexity index is 1250. The fourth-order valence-electron chi connectivity index (χ4n) is 2.74. The minimum Gasteiger partial charge on any atom is -0.472 e. The molecule has 0 unspecified atom stereocenters. The molecule has 4 rings (SSSR count).